The topological polar surface area (TPSA) is 84.3 Å². The number of aromatic amines is 1. The minimum Gasteiger partial charge on any atom is -0.303 e. The summed E-state index contributed by atoms with van der Waals surface area (Å²) in [7, 11) is 1.93. The Kier molecular flexibility index (Phi) is 2.95. The summed E-state index contributed by atoms with van der Waals surface area (Å²) in [5.74, 6) is 0.668. The fourth-order valence-corrected chi connectivity index (χ4v) is 1.43. The van der Waals surface area contributed by atoms with Crippen molar-refractivity contribution >= 4 is 0 Å². The molecule has 86 valence electrons. The second-order valence-corrected chi connectivity index (χ2v) is 3.75. The van der Waals surface area contributed by atoms with Crippen molar-refractivity contribution in [2.24, 2.45) is 7.05 Å². The van der Waals surface area contributed by atoms with Crippen LogP contribution >= 0.6 is 0 Å². The second-order valence-electron chi connectivity index (χ2n) is 3.75. The highest BCUT2D eigenvalue weighted by Gasteiger charge is 2.10. The molecule has 0 aromatic carbocycles. The zero-order valence-electron chi connectivity index (χ0n) is 9.60. The molecule has 0 radical (unpaired) electrons. The third-order valence-corrected chi connectivity index (χ3v) is 2.68. The van der Waals surface area contributed by atoms with Crippen LogP contribution in [0.15, 0.2) is 6.20 Å². The number of tetrazole rings is 1. The Morgan fingerprint density at radius 2 is 2.38 bits per heavy atom. The van der Waals surface area contributed by atoms with Gasteiger partial charge < -0.3 is 5.32 Å². The highest BCUT2D eigenvalue weighted by Crippen LogP contribution is 2.09. The van der Waals surface area contributed by atoms with Gasteiger partial charge in [-0.3, -0.25) is 4.68 Å². The quantitative estimate of drug-likeness (QED) is 0.764. The Labute approximate surface area is 93.2 Å². The van der Waals surface area contributed by atoms with E-state index in [1.54, 1.807) is 0 Å². The fraction of sp³-hybridized carbons (Fsp3) is 0.556. The molecule has 16 heavy (non-hydrogen) atoms. The SMILES string of the molecule is Cc1c(CNC(C)c2nn[nH]n2)cnn1C. The van der Waals surface area contributed by atoms with Gasteiger partial charge in [-0.1, -0.05) is 5.21 Å². The van der Waals surface area contributed by atoms with Gasteiger partial charge in [0.15, 0.2) is 5.82 Å². The Morgan fingerprint density at radius 3 is 2.94 bits per heavy atom. The minimum absolute atomic E-state index is 0.0679. The lowest BCUT2D eigenvalue weighted by molar-refractivity contribution is 0.545. The maximum absolute atomic E-state index is 4.18. The predicted octanol–water partition coefficient (Wildman–Crippen LogP) is 0.0924. The van der Waals surface area contributed by atoms with Gasteiger partial charge in [0.25, 0.3) is 0 Å². The zero-order chi connectivity index (χ0) is 11.5. The molecule has 0 saturated carbocycles. The number of aromatic nitrogens is 6. The van der Waals surface area contributed by atoms with E-state index in [0.29, 0.717) is 5.82 Å². The van der Waals surface area contributed by atoms with Crippen LogP contribution in [-0.4, -0.2) is 30.4 Å². The van der Waals surface area contributed by atoms with E-state index in [0.717, 1.165) is 12.2 Å². The molecular formula is C9H15N7. The fourth-order valence-electron chi connectivity index (χ4n) is 1.43. The number of aryl methyl sites for hydroxylation is 1. The Bertz CT molecular complexity index is 444. The molecule has 1 unspecified atom stereocenters. The van der Waals surface area contributed by atoms with E-state index in [4.69, 9.17) is 0 Å². The number of nitrogens with zero attached hydrogens (tertiary/aromatic N) is 5. The van der Waals surface area contributed by atoms with Crippen molar-refractivity contribution in [1.29, 1.82) is 0 Å². The molecule has 2 aromatic heterocycles. The van der Waals surface area contributed by atoms with Crippen LogP contribution < -0.4 is 5.32 Å². The molecule has 0 aliphatic heterocycles. The minimum atomic E-state index is 0.0679. The normalized spacial score (nSPS) is 12.9. The highest BCUT2D eigenvalue weighted by molar-refractivity contribution is 5.15. The van der Waals surface area contributed by atoms with Crippen LogP contribution in [0.1, 0.15) is 30.0 Å². The zero-order valence-corrected chi connectivity index (χ0v) is 9.60. The molecule has 7 heteroatoms. The Morgan fingerprint density at radius 1 is 1.56 bits per heavy atom. The lowest BCUT2D eigenvalue weighted by Gasteiger charge is -2.09. The van der Waals surface area contributed by atoms with E-state index in [2.05, 4.69) is 31.0 Å². The first-order chi connectivity index (χ1) is 7.68. The molecule has 2 rings (SSSR count). The summed E-state index contributed by atoms with van der Waals surface area (Å²) >= 11 is 0. The molecule has 2 N–H and O–H groups in total. The maximum atomic E-state index is 4.18. The molecule has 2 heterocycles. The van der Waals surface area contributed by atoms with Crippen LogP contribution in [0.4, 0.5) is 0 Å². The summed E-state index contributed by atoms with van der Waals surface area (Å²) < 4.78 is 1.86. The Hall–Kier alpha value is -1.76. The molecule has 0 saturated heterocycles. The van der Waals surface area contributed by atoms with E-state index in [9.17, 15) is 0 Å². The second kappa shape index (κ2) is 4.40. The molecule has 0 bridgehead atoms. The van der Waals surface area contributed by atoms with Crippen LogP contribution in [0.2, 0.25) is 0 Å². The summed E-state index contributed by atoms with van der Waals surface area (Å²) in [6.45, 7) is 4.79. The van der Waals surface area contributed by atoms with Crippen LogP contribution in [0.5, 0.6) is 0 Å². The number of hydrogen-bond acceptors (Lipinski definition) is 5. The van der Waals surface area contributed by atoms with Gasteiger partial charge in [-0.2, -0.15) is 10.3 Å². The first kappa shape index (κ1) is 10.7. The molecular weight excluding hydrogens is 206 g/mol. The average Bonchev–Trinajstić information content (AvgIpc) is 2.89. The van der Waals surface area contributed by atoms with Gasteiger partial charge in [-0.15, -0.1) is 10.2 Å². The van der Waals surface area contributed by atoms with Gasteiger partial charge in [0, 0.05) is 24.8 Å². The van der Waals surface area contributed by atoms with E-state index >= 15 is 0 Å². The van der Waals surface area contributed by atoms with Gasteiger partial charge in [-0.05, 0) is 13.8 Å². The van der Waals surface area contributed by atoms with Crippen molar-refractivity contribution in [3.63, 3.8) is 0 Å². The lowest BCUT2D eigenvalue weighted by Crippen LogP contribution is -2.19. The van der Waals surface area contributed by atoms with E-state index in [1.807, 2.05) is 31.8 Å². The largest absolute Gasteiger partial charge is 0.303 e. The van der Waals surface area contributed by atoms with Crippen molar-refractivity contribution in [2.45, 2.75) is 26.4 Å². The predicted molar refractivity (Wildman–Crippen MR) is 57.4 cm³/mol. The standard InChI is InChI=1S/C9H15N7/c1-6(9-12-14-15-13-9)10-4-8-5-11-16(3)7(8)2/h5-6,10H,4H2,1-3H3,(H,12,13,14,15). The van der Waals surface area contributed by atoms with Crippen LogP contribution in [-0.2, 0) is 13.6 Å². The van der Waals surface area contributed by atoms with Crippen molar-refractivity contribution in [2.75, 3.05) is 0 Å². The van der Waals surface area contributed by atoms with E-state index in [-0.39, 0.29) is 6.04 Å². The number of nitrogens with one attached hydrogen (secondary N) is 2. The molecule has 2 aromatic rings. The van der Waals surface area contributed by atoms with Crippen molar-refractivity contribution in [3.05, 3.63) is 23.3 Å². The van der Waals surface area contributed by atoms with E-state index in [1.165, 1.54) is 5.56 Å². The summed E-state index contributed by atoms with van der Waals surface area (Å²) in [5.41, 5.74) is 2.34. The summed E-state index contributed by atoms with van der Waals surface area (Å²) in [5, 5.41) is 21.3. The average molecular weight is 221 g/mol. The molecule has 0 aliphatic carbocycles. The summed E-state index contributed by atoms with van der Waals surface area (Å²) in [6, 6.07) is 0.0679. The first-order valence-corrected chi connectivity index (χ1v) is 5.12. The molecule has 0 amide bonds. The molecule has 0 spiro atoms. The van der Waals surface area contributed by atoms with Crippen molar-refractivity contribution in [1.82, 2.24) is 35.7 Å². The van der Waals surface area contributed by atoms with Crippen LogP contribution in [0, 0.1) is 6.92 Å². The highest BCUT2D eigenvalue weighted by atomic mass is 15.5. The third-order valence-electron chi connectivity index (χ3n) is 2.68. The van der Waals surface area contributed by atoms with Gasteiger partial charge >= 0.3 is 0 Å². The number of H-pyrrole nitrogens is 1. The van der Waals surface area contributed by atoms with Crippen molar-refractivity contribution < 1.29 is 0 Å². The summed E-state index contributed by atoms with van der Waals surface area (Å²) in [6.07, 6.45) is 1.87. The third kappa shape index (κ3) is 2.08. The van der Waals surface area contributed by atoms with Gasteiger partial charge in [-0.25, -0.2) is 0 Å². The van der Waals surface area contributed by atoms with Gasteiger partial charge in [0.2, 0.25) is 0 Å². The molecule has 1 atom stereocenters. The van der Waals surface area contributed by atoms with Crippen LogP contribution in [0.25, 0.3) is 0 Å². The van der Waals surface area contributed by atoms with Crippen molar-refractivity contribution in [3.8, 4) is 0 Å². The molecule has 7 nitrogen and oxygen atoms in total. The summed E-state index contributed by atoms with van der Waals surface area (Å²) in [4.78, 5) is 0. The molecule has 0 aliphatic rings. The van der Waals surface area contributed by atoms with Gasteiger partial charge in [0.1, 0.15) is 0 Å². The maximum Gasteiger partial charge on any atom is 0.191 e. The molecule has 0 fully saturated rings. The van der Waals surface area contributed by atoms with Crippen LogP contribution in [0.3, 0.4) is 0 Å². The number of hydrogen-bond donors (Lipinski definition) is 2. The van der Waals surface area contributed by atoms with E-state index < -0.39 is 0 Å². The first-order valence-electron chi connectivity index (χ1n) is 5.12. The Balaban J connectivity index is 1.95. The monoisotopic (exact) mass is 221 g/mol. The lowest BCUT2D eigenvalue weighted by atomic mass is 10.2. The number of rotatable bonds is 4. The smallest absolute Gasteiger partial charge is 0.191 e. The van der Waals surface area contributed by atoms with Gasteiger partial charge in [0.05, 0.1) is 12.2 Å².